The maximum absolute atomic E-state index is 9.96. The highest BCUT2D eigenvalue weighted by Crippen LogP contribution is 2.40. The molecule has 0 aliphatic carbocycles. The largest absolute Gasteiger partial charge is 0.236 e. The van der Waals surface area contributed by atoms with Gasteiger partial charge in [0.15, 0.2) is 0 Å². The van der Waals surface area contributed by atoms with Gasteiger partial charge >= 0.3 is 0 Å². The van der Waals surface area contributed by atoms with Gasteiger partial charge < -0.3 is 0 Å². The number of aromatic nitrogens is 1. The quantitative estimate of drug-likeness (QED) is 0.416. The second kappa shape index (κ2) is 7.57. The molecule has 27 heavy (non-hydrogen) atoms. The van der Waals surface area contributed by atoms with Crippen LogP contribution < -0.4 is 0 Å². The highest BCUT2D eigenvalue weighted by molar-refractivity contribution is 7.15. The Bertz CT molecular complexity index is 1070. The van der Waals surface area contributed by atoms with Crippen molar-refractivity contribution in [2.24, 2.45) is 0 Å². The first-order valence-corrected chi connectivity index (χ1v) is 9.65. The molecule has 1 unspecified atom stereocenters. The Kier molecular flexibility index (Phi) is 4.82. The van der Waals surface area contributed by atoms with Crippen molar-refractivity contribution in [1.82, 2.24) is 4.98 Å². The molecule has 1 aromatic heterocycles. The minimum atomic E-state index is -0.336. The maximum atomic E-state index is 9.96. The molecule has 0 aliphatic rings. The molecule has 0 amide bonds. The monoisotopic (exact) mass is 366 g/mol. The van der Waals surface area contributed by atoms with E-state index in [1.807, 2.05) is 48.5 Å². The Hall–Kier alpha value is -3.22. The zero-order valence-electron chi connectivity index (χ0n) is 15.0. The lowest BCUT2D eigenvalue weighted by Crippen LogP contribution is -1.97. The molecule has 4 rings (SSSR count). The van der Waals surface area contributed by atoms with Gasteiger partial charge in [0.2, 0.25) is 0 Å². The van der Waals surface area contributed by atoms with Gasteiger partial charge in [-0.3, -0.25) is 0 Å². The summed E-state index contributed by atoms with van der Waals surface area (Å²) < 4.78 is 0. The Balaban J connectivity index is 1.89. The summed E-state index contributed by atoms with van der Waals surface area (Å²) in [5.74, 6) is -0.336. The zero-order chi connectivity index (χ0) is 18.6. The SMILES string of the molecule is Cc1ccc(-c2nc(-c3ccccc3)sc2C(C#N)c2ccccc2)cc1. The second-order valence-corrected chi connectivity index (χ2v) is 7.47. The van der Waals surface area contributed by atoms with Crippen LogP contribution in [0.1, 0.15) is 21.9 Å². The summed E-state index contributed by atoms with van der Waals surface area (Å²) >= 11 is 1.61. The number of nitrogens with zero attached hydrogens (tertiary/aromatic N) is 2. The van der Waals surface area contributed by atoms with Gasteiger partial charge in [-0.2, -0.15) is 5.26 Å². The van der Waals surface area contributed by atoms with Gasteiger partial charge in [-0.1, -0.05) is 90.5 Å². The van der Waals surface area contributed by atoms with Gasteiger partial charge in [0, 0.05) is 11.1 Å². The lowest BCUT2D eigenvalue weighted by atomic mass is 9.96. The predicted molar refractivity (Wildman–Crippen MR) is 112 cm³/mol. The van der Waals surface area contributed by atoms with Crippen LogP contribution in [0.4, 0.5) is 0 Å². The van der Waals surface area contributed by atoms with Crippen LogP contribution in [0, 0.1) is 18.3 Å². The molecule has 0 bridgehead atoms. The molecule has 0 N–H and O–H groups in total. The smallest absolute Gasteiger partial charge is 0.124 e. The molecule has 4 aromatic rings. The topological polar surface area (TPSA) is 36.7 Å². The van der Waals surface area contributed by atoms with Gasteiger partial charge in [-0.25, -0.2) is 4.98 Å². The number of thiazole rings is 1. The highest BCUT2D eigenvalue weighted by Gasteiger charge is 2.23. The first-order chi connectivity index (χ1) is 13.3. The van der Waals surface area contributed by atoms with Crippen molar-refractivity contribution in [3.8, 4) is 27.9 Å². The van der Waals surface area contributed by atoms with Crippen LogP contribution in [-0.4, -0.2) is 4.98 Å². The second-order valence-electron chi connectivity index (χ2n) is 6.44. The molecule has 0 aliphatic heterocycles. The lowest BCUT2D eigenvalue weighted by molar-refractivity contribution is 1.06. The molecular weight excluding hydrogens is 348 g/mol. The molecule has 0 fully saturated rings. The molecule has 3 heteroatoms. The lowest BCUT2D eigenvalue weighted by Gasteiger charge is -2.09. The first-order valence-electron chi connectivity index (χ1n) is 8.84. The van der Waals surface area contributed by atoms with E-state index < -0.39 is 0 Å². The van der Waals surface area contributed by atoms with E-state index in [4.69, 9.17) is 4.98 Å². The molecule has 1 atom stereocenters. The van der Waals surface area contributed by atoms with Crippen molar-refractivity contribution in [3.63, 3.8) is 0 Å². The standard InChI is InChI=1S/C24H18N2S/c1-17-12-14-19(15-13-17)22-23(21(16-25)18-8-4-2-5-9-18)27-24(26-22)20-10-6-3-7-11-20/h2-15,21H,1H3. The van der Waals surface area contributed by atoms with Gasteiger partial charge in [0.1, 0.15) is 10.9 Å². The number of rotatable bonds is 4. The van der Waals surface area contributed by atoms with Crippen LogP contribution in [0.25, 0.3) is 21.8 Å². The zero-order valence-corrected chi connectivity index (χ0v) is 15.8. The van der Waals surface area contributed by atoms with Gasteiger partial charge in [-0.15, -0.1) is 11.3 Å². The van der Waals surface area contributed by atoms with Gasteiger partial charge in [0.05, 0.1) is 16.6 Å². The molecule has 0 saturated carbocycles. The summed E-state index contributed by atoms with van der Waals surface area (Å²) in [5, 5.41) is 10.9. The Morgan fingerprint density at radius 3 is 2.07 bits per heavy atom. The van der Waals surface area contributed by atoms with E-state index in [1.165, 1.54) is 5.56 Å². The van der Waals surface area contributed by atoms with Crippen molar-refractivity contribution < 1.29 is 0 Å². The van der Waals surface area contributed by atoms with Crippen molar-refractivity contribution in [1.29, 1.82) is 5.26 Å². The molecule has 130 valence electrons. The van der Waals surface area contributed by atoms with E-state index in [9.17, 15) is 5.26 Å². The first kappa shape index (κ1) is 17.2. The third-order valence-electron chi connectivity index (χ3n) is 4.52. The van der Waals surface area contributed by atoms with Crippen LogP contribution in [0.3, 0.4) is 0 Å². The van der Waals surface area contributed by atoms with Gasteiger partial charge in [-0.05, 0) is 12.5 Å². The molecule has 2 nitrogen and oxygen atoms in total. The van der Waals surface area contributed by atoms with Crippen molar-refractivity contribution in [2.75, 3.05) is 0 Å². The number of nitriles is 1. The fourth-order valence-electron chi connectivity index (χ4n) is 3.08. The minimum Gasteiger partial charge on any atom is -0.236 e. The fourth-order valence-corrected chi connectivity index (χ4v) is 4.25. The molecule has 3 aromatic carbocycles. The average molecular weight is 366 g/mol. The van der Waals surface area contributed by atoms with E-state index >= 15 is 0 Å². The number of hydrogen-bond donors (Lipinski definition) is 0. The summed E-state index contributed by atoms with van der Waals surface area (Å²) in [6.07, 6.45) is 0. The minimum absolute atomic E-state index is 0.336. The van der Waals surface area contributed by atoms with Crippen LogP contribution in [0.2, 0.25) is 0 Å². The fraction of sp³-hybridized carbons (Fsp3) is 0.0833. The van der Waals surface area contributed by atoms with Crippen LogP contribution in [0.5, 0.6) is 0 Å². The van der Waals surface area contributed by atoms with Crippen molar-refractivity contribution in [2.45, 2.75) is 12.8 Å². The third kappa shape index (κ3) is 3.53. The normalized spacial score (nSPS) is 11.7. The summed E-state index contributed by atoms with van der Waals surface area (Å²) in [6, 6.07) is 30.9. The van der Waals surface area contributed by atoms with E-state index in [0.717, 1.165) is 32.3 Å². The molecule has 1 heterocycles. The number of hydrogen-bond acceptors (Lipinski definition) is 3. The van der Waals surface area contributed by atoms with Crippen molar-refractivity contribution >= 4 is 11.3 Å². The van der Waals surface area contributed by atoms with E-state index in [0.29, 0.717) is 0 Å². The predicted octanol–water partition coefficient (Wildman–Crippen LogP) is 6.44. The maximum Gasteiger partial charge on any atom is 0.124 e. The molecule has 0 radical (unpaired) electrons. The van der Waals surface area contributed by atoms with E-state index in [1.54, 1.807) is 11.3 Å². The average Bonchev–Trinajstić information content (AvgIpc) is 3.16. The summed E-state index contributed by atoms with van der Waals surface area (Å²) in [7, 11) is 0. The van der Waals surface area contributed by atoms with E-state index in [-0.39, 0.29) is 5.92 Å². The van der Waals surface area contributed by atoms with Crippen molar-refractivity contribution in [3.05, 3.63) is 101 Å². The molecule has 0 spiro atoms. The third-order valence-corrected chi connectivity index (χ3v) is 5.69. The van der Waals surface area contributed by atoms with Crippen LogP contribution in [-0.2, 0) is 0 Å². The van der Waals surface area contributed by atoms with Gasteiger partial charge in [0.25, 0.3) is 0 Å². The number of aryl methyl sites for hydroxylation is 1. The molecular formula is C24H18N2S. The Morgan fingerprint density at radius 2 is 1.44 bits per heavy atom. The Labute approximate surface area is 163 Å². The highest BCUT2D eigenvalue weighted by atomic mass is 32.1. The Morgan fingerprint density at radius 1 is 0.815 bits per heavy atom. The summed E-state index contributed by atoms with van der Waals surface area (Å²) in [4.78, 5) is 5.93. The van der Waals surface area contributed by atoms with Crippen LogP contribution in [0.15, 0.2) is 84.9 Å². The van der Waals surface area contributed by atoms with Crippen LogP contribution >= 0.6 is 11.3 Å². The summed E-state index contributed by atoms with van der Waals surface area (Å²) in [5.41, 5.74) is 5.22. The van der Waals surface area contributed by atoms with E-state index in [2.05, 4.69) is 49.4 Å². The number of benzene rings is 3. The summed E-state index contributed by atoms with van der Waals surface area (Å²) in [6.45, 7) is 2.07. The molecule has 0 saturated heterocycles.